The van der Waals surface area contributed by atoms with Crippen molar-refractivity contribution in [2.45, 2.75) is 24.5 Å². The Morgan fingerprint density at radius 2 is 1.81 bits per heavy atom. The van der Waals surface area contributed by atoms with Gasteiger partial charge < -0.3 is 35.4 Å². The summed E-state index contributed by atoms with van der Waals surface area (Å²) in [5.74, 6) is 0.0586. The number of phosphoric acid groups is 3. The first-order valence-electron chi connectivity index (χ1n) is 8.14. The molecule has 2 aromatic rings. The third-order valence-corrected chi connectivity index (χ3v) is 8.74. The van der Waals surface area contributed by atoms with E-state index in [0.29, 0.717) is 0 Å². The van der Waals surface area contributed by atoms with Crippen LogP contribution in [0.25, 0.3) is 11.2 Å². The highest BCUT2D eigenvalue weighted by Crippen LogP contribution is 2.68. The average Bonchev–Trinajstić information content (AvgIpc) is 3.21. The lowest BCUT2D eigenvalue weighted by molar-refractivity contribution is -0.0498. The van der Waals surface area contributed by atoms with Gasteiger partial charge in [0.05, 0.1) is 12.9 Å². The summed E-state index contributed by atoms with van der Waals surface area (Å²) < 4.78 is 58.1. The molecule has 1 fully saturated rings. The maximum atomic E-state index is 12.4. The van der Waals surface area contributed by atoms with Gasteiger partial charge in [0.15, 0.2) is 17.7 Å². The van der Waals surface area contributed by atoms with Crippen LogP contribution in [0.3, 0.4) is 0 Å². The molecule has 0 spiro atoms. The van der Waals surface area contributed by atoms with Crippen LogP contribution in [-0.2, 0) is 35.9 Å². The molecule has 0 bridgehead atoms. The van der Waals surface area contributed by atoms with Crippen LogP contribution >= 0.6 is 32.9 Å². The highest BCUT2D eigenvalue weighted by Gasteiger charge is 2.47. The molecule has 3 heterocycles. The molecule has 32 heavy (non-hydrogen) atoms. The molecule has 1 saturated heterocycles. The van der Waals surface area contributed by atoms with Crippen LogP contribution in [0.2, 0.25) is 0 Å². The zero-order valence-electron chi connectivity index (χ0n) is 15.5. The highest BCUT2D eigenvalue weighted by molar-refractivity contribution is 7.67. The van der Waals surface area contributed by atoms with Crippen LogP contribution in [0.4, 0.5) is 5.82 Å². The predicted octanol–water partition coefficient (Wildman–Crippen LogP) is -0.815. The van der Waals surface area contributed by atoms with Crippen LogP contribution in [0, 0.1) is 0 Å². The Labute approximate surface area is 180 Å². The summed E-state index contributed by atoms with van der Waals surface area (Å²) in [5.41, 5.74) is 6.07. The van der Waals surface area contributed by atoms with Gasteiger partial charge in [0.2, 0.25) is 0 Å². The minimum Gasteiger partial charge on any atom is -0.387 e. The van der Waals surface area contributed by atoms with Crippen LogP contribution < -0.4 is 5.73 Å². The summed E-state index contributed by atoms with van der Waals surface area (Å²) in [4.78, 5) is 38.3. The first-order chi connectivity index (χ1) is 14.8. The maximum absolute atomic E-state index is 12.4. The van der Waals surface area contributed by atoms with Crippen molar-refractivity contribution in [1.82, 2.24) is 19.5 Å². The fraction of sp³-hybridized carbons (Fsp3) is 0.500. The number of nitrogens with zero attached hydrogens (tertiary/aromatic N) is 4. The van der Waals surface area contributed by atoms with E-state index in [1.807, 2.05) is 0 Å². The van der Waals surface area contributed by atoms with Crippen LogP contribution in [-0.4, -0.2) is 69.3 Å². The zero-order chi connectivity index (χ0) is 23.9. The molecule has 7 N–H and O–H groups in total. The van der Waals surface area contributed by atoms with E-state index >= 15 is 0 Å². The molecule has 7 atom stereocenters. The van der Waals surface area contributed by atoms with Gasteiger partial charge in [-0.05, 0) is 0 Å². The number of hydrogen-bond acceptors (Lipinski definition) is 14. The molecule has 1 aliphatic rings. The summed E-state index contributed by atoms with van der Waals surface area (Å²) in [6.07, 6.45) is -3.45. The zero-order valence-corrected chi connectivity index (χ0v) is 19.3. The lowest BCUT2D eigenvalue weighted by atomic mass is 10.1. The van der Waals surface area contributed by atoms with Gasteiger partial charge in [-0.15, -0.1) is 0 Å². The van der Waals surface area contributed by atoms with Gasteiger partial charge in [-0.1, -0.05) is 0 Å². The number of imidazole rings is 1. The van der Waals surface area contributed by atoms with E-state index in [-0.39, 0.29) is 17.0 Å². The standard InChI is InChI=1S/C10H17N5O13P4/c11-8-5-9(13-2-12-8)15(3-14-5)10-7(17)6(16)4(25-10)1-24-32(23,26-29)28-31(21,22)27-30(18,19)20/h2-4,6-7,10,16-17H,1,29H2,(H,21,22)(H2,11,12,13)(H2,18,19,20)/t4-,6-,7-,10-,32?/m1/s1. The Hall–Kier alpha value is -0.930. The minimum atomic E-state index is -5.61. The molecule has 18 nitrogen and oxygen atoms in total. The average molecular weight is 539 g/mol. The van der Waals surface area contributed by atoms with E-state index in [4.69, 9.17) is 24.8 Å². The molecule has 3 unspecified atom stereocenters. The van der Waals surface area contributed by atoms with E-state index < -0.39 is 54.6 Å². The first-order valence-corrected chi connectivity index (χ1v) is 13.1. The van der Waals surface area contributed by atoms with E-state index in [0.717, 1.165) is 6.33 Å². The molecule has 0 radical (unpaired) electrons. The number of hydrogen-bond donors (Lipinski definition) is 6. The lowest BCUT2D eigenvalue weighted by Crippen LogP contribution is -2.33. The monoisotopic (exact) mass is 539 g/mol. The van der Waals surface area contributed by atoms with Gasteiger partial charge in [0.1, 0.15) is 30.2 Å². The van der Waals surface area contributed by atoms with Crippen molar-refractivity contribution in [1.29, 1.82) is 0 Å². The third kappa shape index (κ3) is 5.76. The fourth-order valence-electron chi connectivity index (χ4n) is 2.67. The summed E-state index contributed by atoms with van der Waals surface area (Å²) in [6, 6.07) is 0. The molecule has 3 rings (SSSR count). The largest absolute Gasteiger partial charge is 0.490 e. The number of aliphatic hydroxyl groups excluding tert-OH is 2. The molecule has 180 valence electrons. The third-order valence-electron chi connectivity index (χ3n) is 3.94. The smallest absolute Gasteiger partial charge is 0.387 e. The number of fused-ring (bicyclic) bond motifs is 1. The Morgan fingerprint density at radius 1 is 1.12 bits per heavy atom. The van der Waals surface area contributed by atoms with Crippen molar-refractivity contribution >= 4 is 49.9 Å². The van der Waals surface area contributed by atoms with E-state index in [9.17, 15) is 28.8 Å². The molecular formula is C10H17N5O13P4. The molecule has 0 saturated carbocycles. The molecule has 1 aliphatic heterocycles. The van der Waals surface area contributed by atoms with Gasteiger partial charge in [-0.3, -0.25) is 13.4 Å². The normalized spacial score (nSPS) is 27.9. The topological polar surface area (TPSA) is 268 Å². The predicted molar refractivity (Wildman–Crippen MR) is 104 cm³/mol. The second-order valence-corrected chi connectivity index (χ2v) is 11.3. The highest BCUT2D eigenvalue weighted by atomic mass is 31.3. The van der Waals surface area contributed by atoms with E-state index in [2.05, 4.69) is 27.9 Å². The fourth-order valence-corrected chi connectivity index (χ4v) is 6.40. The van der Waals surface area contributed by atoms with Crippen LogP contribution in [0.15, 0.2) is 12.7 Å². The Balaban J connectivity index is 1.72. The van der Waals surface area contributed by atoms with Crippen molar-refractivity contribution in [3.05, 3.63) is 12.7 Å². The second kappa shape index (κ2) is 9.37. The van der Waals surface area contributed by atoms with Gasteiger partial charge in [-0.25, -0.2) is 28.6 Å². The maximum Gasteiger partial charge on any atom is 0.490 e. The molecule has 22 heteroatoms. The Kier molecular flexibility index (Phi) is 7.52. The number of nitrogens with two attached hydrogens (primary N) is 1. The number of rotatable bonds is 9. The van der Waals surface area contributed by atoms with Crippen molar-refractivity contribution in [3.8, 4) is 0 Å². The van der Waals surface area contributed by atoms with Crippen LogP contribution in [0.1, 0.15) is 6.23 Å². The minimum absolute atomic E-state index is 0.0586. The molecule has 2 aromatic heterocycles. The lowest BCUT2D eigenvalue weighted by Gasteiger charge is -2.21. The quantitative estimate of drug-likeness (QED) is 0.213. The van der Waals surface area contributed by atoms with Crippen molar-refractivity contribution < 1.29 is 60.8 Å². The van der Waals surface area contributed by atoms with E-state index in [1.54, 1.807) is 0 Å². The van der Waals surface area contributed by atoms with Crippen molar-refractivity contribution in [2.24, 2.45) is 0 Å². The summed E-state index contributed by atoms with van der Waals surface area (Å²) in [5, 5.41) is 20.6. The molecule has 0 amide bonds. The Bertz CT molecular complexity index is 1120. The molecular weight excluding hydrogens is 522 g/mol. The first kappa shape index (κ1) is 25.7. The van der Waals surface area contributed by atoms with E-state index in [1.165, 1.54) is 20.4 Å². The van der Waals surface area contributed by atoms with Gasteiger partial charge in [0, 0.05) is 9.47 Å². The SMILES string of the molecule is Nc1ncnc2c1ncn2[C@@H]1O[C@H](COP(=O)(OP)OP(=O)(O)OP(=O)(O)O)[C@@H](O)[C@H]1O. The number of aromatic nitrogens is 4. The molecule has 0 aromatic carbocycles. The number of ether oxygens (including phenoxy) is 1. The van der Waals surface area contributed by atoms with Crippen LogP contribution in [0.5, 0.6) is 0 Å². The van der Waals surface area contributed by atoms with Gasteiger partial charge in [-0.2, -0.15) is 8.62 Å². The van der Waals surface area contributed by atoms with Gasteiger partial charge >= 0.3 is 23.5 Å². The number of aliphatic hydroxyl groups is 2. The van der Waals surface area contributed by atoms with Crippen molar-refractivity contribution in [2.75, 3.05) is 12.3 Å². The van der Waals surface area contributed by atoms with Crippen molar-refractivity contribution in [3.63, 3.8) is 0 Å². The summed E-state index contributed by atoms with van der Waals surface area (Å²) in [6.45, 7) is -0.833. The summed E-state index contributed by atoms with van der Waals surface area (Å²) in [7, 11) is -14.7. The van der Waals surface area contributed by atoms with Gasteiger partial charge in [0.25, 0.3) is 0 Å². The number of nitrogen functional groups attached to an aromatic ring is 1. The molecule has 0 aliphatic carbocycles. The number of anilines is 1. The Morgan fingerprint density at radius 3 is 2.44 bits per heavy atom. The second-order valence-electron chi connectivity index (χ2n) is 6.10. The summed E-state index contributed by atoms with van der Waals surface area (Å²) >= 11 is 0.